The lowest BCUT2D eigenvalue weighted by Crippen LogP contribution is -2.46. The lowest BCUT2D eigenvalue weighted by molar-refractivity contribution is -0.138. The van der Waals surface area contributed by atoms with Crippen molar-refractivity contribution in [2.75, 3.05) is 19.7 Å². The van der Waals surface area contributed by atoms with E-state index in [-0.39, 0.29) is 37.1 Å². The first-order valence-electron chi connectivity index (χ1n) is 9.14. The molecule has 26 heavy (non-hydrogen) atoms. The van der Waals surface area contributed by atoms with E-state index in [1.807, 2.05) is 0 Å². The van der Waals surface area contributed by atoms with Crippen LogP contribution in [0.25, 0.3) is 0 Å². The van der Waals surface area contributed by atoms with Crippen molar-refractivity contribution >= 4 is 12.4 Å². The first-order chi connectivity index (χ1) is 11.9. The van der Waals surface area contributed by atoms with E-state index in [2.05, 4.69) is 4.90 Å². The third kappa shape index (κ3) is 5.35. The molecule has 1 aliphatic heterocycles. The Balaban J connectivity index is 0.00000243. The average molecular weight is 394 g/mol. The van der Waals surface area contributed by atoms with Crippen molar-refractivity contribution in [3.8, 4) is 0 Å². The van der Waals surface area contributed by atoms with E-state index < -0.39 is 11.7 Å². The van der Waals surface area contributed by atoms with Gasteiger partial charge in [-0.3, -0.25) is 4.90 Å². The average Bonchev–Trinajstić information content (AvgIpc) is 3.01. The first-order valence-corrected chi connectivity index (χ1v) is 9.14. The lowest BCUT2D eigenvalue weighted by Gasteiger charge is -2.37. The van der Waals surface area contributed by atoms with Gasteiger partial charge in [-0.25, -0.2) is 0 Å². The molecule has 3 rings (SSSR count). The highest BCUT2D eigenvalue weighted by Gasteiger charge is 2.35. The molecule has 1 saturated heterocycles. The van der Waals surface area contributed by atoms with E-state index >= 15 is 0 Å². The standard InChI is InChI=1S/C19H26F3NO2.ClH/c20-19(21,22)16-6-2-1-5-14(16)10-12-25-18-8-4-3-7-17(18)23-11-9-15(24)13-23;/h1-2,5-6,15,17-18,24H,3-4,7-13H2;1H/t15-,17?,18?;/m1./s1. The van der Waals surface area contributed by atoms with Crippen LogP contribution in [0.1, 0.15) is 43.2 Å². The number of hydrogen-bond acceptors (Lipinski definition) is 3. The Morgan fingerprint density at radius 1 is 1.12 bits per heavy atom. The molecule has 0 bridgehead atoms. The second-order valence-electron chi connectivity index (χ2n) is 7.10. The normalized spacial score (nSPS) is 27.3. The zero-order valence-corrected chi connectivity index (χ0v) is 15.6. The van der Waals surface area contributed by atoms with Crippen molar-refractivity contribution in [2.45, 2.75) is 63.0 Å². The molecule has 3 atom stereocenters. The summed E-state index contributed by atoms with van der Waals surface area (Å²) in [5.41, 5.74) is -0.277. The quantitative estimate of drug-likeness (QED) is 0.818. The van der Waals surface area contributed by atoms with Gasteiger partial charge < -0.3 is 9.84 Å². The van der Waals surface area contributed by atoms with E-state index in [1.54, 1.807) is 6.07 Å². The van der Waals surface area contributed by atoms with Crippen molar-refractivity contribution in [1.82, 2.24) is 4.90 Å². The predicted octanol–water partition coefficient (Wildman–Crippen LogP) is 4.06. The molecule has 0 amide bonds. The number of rotatable bonds is 5. The summed E-state index contributed by atoms with van der Waals surface area (Å²) in [4.78, 5) is 2.29. The molecule has 148 valence electrons. The molecular weight excluding hydrogens is 367 g/mol. The summed E-state index contributed by atoms with van der Waals surface area (Å²) in [7, 11) is 0. The highest BCUT2D eigenvalue weighted by atomic mass is 35.5. The van der Waals surface area contributed by atoms with Crippen molar-refractivity contribution in [2.24, 2.45) is 0 Å². The summed E-state index contributed by atoms with van der Waals surface area (Å²) in [6.07, 6.45) is 0.747. The molecule has 7 heteroatoms. The predicted molar refractivity (Wildman–Crippen MR) is 96.6 cm³/mol. The first kappa shape index (κ1) is 21.5. The maximum atomic E-state index is 13.1. The Bertz CT molecular complexity index is 570. The number of aliphatic hydroxyl groups excluding tert-OH is 1. The second kappa shape index (κ2) is 9.40. The highest BCUT2D eigenvalue weighted by Crippen LogP contribution is 2.32. The Hall–Kier alpha value is -0.820. The van der Waals surface area contributed by atoms with E-state index in [0.29, 0.717) is 18.7 Å². The summed E-state index contributed by atoms with van der Waals surface area (Å²) >= 11 is 0. The van der Waals surface area contributed by atoms with E-state index in [0.717, 1.165) is 44.7 Å². The number of aliphatic hydroxyl groups is 1. The molecule has 1 heterocycles. The lowest BCUT2D eigenvalue weighted by atomic mass is 9.91. The van der Waals surface area contributed by atoms with Gasteiger partial charge in [0, 0.05) is 19.1 Å². The van der Waals surface area contributed by atoms with Crippen LogP contribution in [0, 0.1) is 0 Å². The summed E-state index contributed by atoms with van der Waals surface area (Å²) in [5.74, 6) is 0. The van der Waals surface area contributed by atoms with Crippen LogP contribution in [0.5, 0.6) is 0 Å². The van der Waals surface area contributed by atoms with Gasteiger partial charge in [0.05, 0.1) is 24.4 Å². The van der Waals surface area contributed by atoms with Gasteiger partial charge in [0.15, 0.2) is 0 Å². The summed E-state index contributed by atoms with van der Waals surface area (Å²) in [6.45, 7) is 1.86. The Labute approximate surface area is 158 Å². The van der Waals surface area contributed by atoms with Gasteiger partial charge >= 0.3 is 6.18 Å². The molecule has 0 radical (unpaired) electrons. The topological polar surface area (TPSA) is 32.7 Å². The molecule has 1 aliphatic carbocycles. The van der Waals surface area contributed by atoms with Crippen LogP contribution in [0.2, 0.25) is 0 Å². The SMILES string of the molecule is Cl.O[C@@H]1CCN(C2CCCCC2OCCc2ccccc2C(F)(F)F)C1. The smallest absolute Gasteiger partial charge is 0.392 e. The van der Waals surface area contributed by atoms with Gasteiger partial charge in [-0.15, -0.1) is 12.4 Å². The maximum Gasteiger partial charge on any atom is 0.416 e. The Morgan fingerprint density at radius 3 is 2.54 bits per heavy atom. The molecule has 1 aromatic rings. The summed E-state index contributed by atoms with van der Waals surface area (Å²) in [6, 6.07) is 6.00. The minimum absolute atomic E-state index is 0. The molecule has 2 fully saturated rings. The minimum atomic E-state index is -4.32. The second-order valence-corrected chi connectivity index (χ2v) is 7.10. The van der Waals surface area contributed by atoms with Crippen LogP contribution in [0.15, 0.2) is 24.3 Å². The fourth-order valence-electron chi connectivity index (χ4n) is 4.09. The van der Waals surface area contributed by atoms with Gasteiger partial charge in [0.1, 0.15) is 0 Å². The minimum Gasteiger partial charge on any atom is -0.392 e. The van der Waals surface area contributed by atoms with E-state index in [4.69, 9.17) is 4.74 Å². The third-order valence-electron chi connectivity index (χ3n) is 5.36. The Kier molecular flexibility index (Phi) is 7.76. The van der Waals surface area contributed by atoms with Crippen molar-refractivity contribution in [3.05, 3.63) is 35.4 Å². The largest absolute Gasteiger partial charge is 0.416 e. The van der Waals surface area contributed by atoms with Crippen LogP contribution in [0.4, 0.5) is 13.2 Å². The fraction of sp³-hybridized carbons (Fsp3) is 0.684. The van der Waals surface area contributed by atoms with Crippen molar-refractivity contribution in [3.63, 3.8) is 0 Å². The van der Waals surface area contributed by atoms with Crippen LogP contribution >= 0.6 is 12.4 Å². The molecule has 1 aromatic carbocycles. The molecule has 0 spiro atoms. The molecular formula is C19H27ClF3NO2. The number of halogens is 4. The number of hydrogen-bond donors (Lipinski definition) is 1. The fourth-order valence-corrected chi connectivity index (χ4v) is 4.09. The van der Waals surface area contributed by atoms with Gasteiger partial charge in [-0.05, 0) is 37.3 Å². The summed E-state index contributed by atoms with van der Waals surface area (Å²) < 4.78 is 45.2. The van der Waals surface area contributed by atoms with Gasteiger partial charge in [0.2, 0.25) is 0 Å². The Morgan fingerprint density at radius 2 is 1.85 bits per heavy atom. The molecule has 2 aliphatic rings. The molecule has 1 N–H and O–H groups in total. The van der Waals surface area contributed by atoms with Gasteiger partial charge in [0.25, 0.3) is 0 Å². The van der Waals surface area contributed by atoms with Gasteiger partial charge in [-0.2, -0.15) is 13.2 Å². The van der Waals surface area contributed by atoms with Crippen LogP contribution in [-0.4, -0.2) is 48.0 Å². The zero-order valence-electron chi connectivity index (χ0n) is 14.8. The van der Waals surface area contributed by atoms with Gasteiger partial charge in [-0.1, -0.05) is 31.0 Å². The molecule has 0 aromatic heterocycles. The zero-order chi connectivity index (χ0) is 17.9. The number of likely N-dealkylation sites (tertiary alicyclic amines) is 1. The van der Waals surface area contributed by atoms with Crippen LogP contribution < -0.4 is 0 Å². The van der Waals surface area contributed by atoms with E-state index in [1.165, 1.54) is 12.1 Å². The van der Waals surface area contributed by atoms with E-state index in [9.17, 15) is 18.3 Å². The monoisotopic (exact) mass is 393 g/mol. The highest BCUT2D eigenvalue weighted by molar-refractivity contribution is 5.85. The molecule has 1 saturated carbocycles. The molecule has 3 nitrogen and oxygen atoms in total. The number of nitrogens with zero attached hydrogens (tertiary/aromatic N) is 1. The molecule has 2 unspecified atom stereocenters. The van der Waals surface area contributed by atoms with Crippen molar-refractivity contribution < 1.29 is 23.0 Å². The number of benzene rings is 1. The number of β-amino-alcohol motifs (C(OH)–C–C–N with tert-alkyl or cyclic N) is 1. The number of alkyl halides is 3. The summed E-state index contributed by atoms with van der Waals surface area (Å²) in [5, 5.41) is 9.76. The van der Waals surface area contributed by atoms with Crippen LogP contribution in [-0.2, 0) is 17.3 Å². The third-order valence-corrected chi connectivity index (χ3v) is 5.36. The maximum absolute atomic E-state index is 13.1. The van der Waals surface area contributed by atoms with Crippen molar-refractivity contribution in [1.29, 1.82) is 0 Å². The number of ether oxygens (including phenoxy) is 1. The van der Waals surface area contributed by atoms with Crippen LogP contribution in [0.3, 0.4) is 0 Å².